The van der Waals surface area contributed by atoms with Crippen LogP contribution in [-0.4, -0.2) is 25.2 Å². The van der Waals surface area contributed by atoms with Gasteiger partial charge in [0.1, 0.15) is 11.4 Å². The highest BCUT2D eigenvalue weighted by atomic mass is 16.4. The first kappa shape index (κ1) is 23.6. The van der Waals surface area contributed by atoms with Crippen molar-refractivity contribution in [3.05, 3.63) is 78.0 Å². The van der Waals surface area contributed by atoms with Gasteiger partial charge in [-0.15, -0.1) is 10.2 Å². The molecule has 0 atom stereocenters. The molecule has 0 aliphatic carbocycles. The minimum Gasteiger partial charge on any atom is -0.425 e. The number of hydrogen-bond acceptors (Lipinski definition) is 5. The lowest BCUT2D eigenvalue weighted by atomic mass is 10.0. The highest BCUT2D eigenvalue weighted by Gasteiger charge is 2.16. The summed E-state index contributed by atoms with van der Waals surface area (Å²) in [5, 5.41) is 17.8. The fraction of sp³-hybridized carbons (Fsp3) is 0.357. The summed E-state index contributed by atoms with van der Waals surface area (Å²) in [5.74, 6) is 1.74. The first-order chi connectivity index (χ1) is 16.5. The lowest BCUT2D eigenvalue weighted by Gasteiger charge is -2.03. The van der Waals surface area contributed by atoms with E-state index in [0.29, 0.717) is 0 Å². The predicted molar refractivity (Wildman–Crippen MR) is 136 cm³/mol. The molecule has 0 saturated heterocycles. The Labute approximate surface area is 201 Å². The van der Waals surface area contributed by atoms with Crippen LogP contribution < -0.4 is 0 Å². The third-order valence-corrected chi connectivity index (χ3v) is 5.60. The summed E-state index contributed by atoms with van der Waals surface area (Å²) >= 11 is 0. The van der Waals surface area contributed by atoms with Crippen molar-refractivity contribution in [2.45, 2.75) is 65.3 Å². The van der Waals surface area contributed by atoms with Gasteiger partial charge in [-0.3, -0.25) is 0 Å². The molecule has 0 bridgehead atoms. The van der Waals surface area contributed by atoms with Crippen molar-refractivity contribution < 1.29 is 4.42 Å². The highest BCUT2D eigenvalue weighted by Crippen LogP contribution is 2.30. The van der Waals surface area contributed by atoms with Crippen molar-refractivity contribution in [1.82, 2.24) is 25.2 Å². The van der Waals surface area contributed by atoms with Crippen molar-refractivity contribution in [3.8, 4) is 22.5 Å². The molecule has 0 saturated carbocycles. The average Bonchev–Trinajstić information content (AvgIpc) is 3.50. The molecule has 4 aromatic rings. The molecule has 2 aromatic carbocycles. The molecule has 0 N–H and O–H groups in total. The fourth-order valence-electron chi connectivity index (χ4n) is 3.69. The van der Waals surface area contributed by atoms with E-state index in [2.05, 4.69) is 86.4 Å². The van der Waals surface area contributed by atoms with E-state index in [1.165, 1.54) is 0 Å². The Morgan fingerprint density at radius 3 is 2.29 bits per heavy atom. The maximum atomic E-state index is 5.68. The lowest BCUT2D eigenvalue weighted by molar-refractivity contribution is 0.426. The SMILES string of the molecule is CC(C)c1nnc(CCCC/C=C/c2cccc(-c3nn(C(C)C)nc3-c3ccccc3)c2)o1. The highest BCUT2D eigenvalue weighted by molar-refractivity contribution is 5.78. The topological polar surface area (TPSA) is 69.6 Å². The van der Waals surface area contributed by atoms with E-state index in [1.54, 1.807) is 4.80 Å². The number of unbranched alkanes of at least 4 members (excludes halogenated alkanes) is 2. The molecule has 0 spiro atoms. The molecule has 0 unspecified atom stereocenters. The first-order valence-electron chi connectivity index (χ1n) is 12.1. The zero-order chi connectivity index (χ0) is 23.9. The van der Waals surface area contributed by atoms with E-state index in [0.717, 1.165) is 65.5 Å². The normalized spacial score (nSPS) is 11.8. The number of aryl methyl sites for hydroxylation is 1. The molecule has 0 aliphatic heterocycles. The van der Waals surface area contributed by atoms with Gasteiger partial charge in [-0.05, 0) is 44.7 Å². The zero-order valence-electron chi connectivity index (χ0n) is 20.5. The van der Waals surface area contributed by atoms with E-state index in [-0.39, 0.29) is 12.0 Å². The summed E-state index contributed by atoms with van der Waals surface area (Å²) in [6.07, 6.45) is 8.36. The Kier molecular flexibility index (Phi) is 7.68. The van der Waals surface area contributed by atoms with Gasteiger partial charge in [0.15, 0.2) is 0 Å². The first-order valence-corrected chi connectivity index (χ1v) is 12.1. The lowest BCUT2D eigenvalue weighted by Crippen LogP contribution is -2.04. The van der Waals surface area contributed by atoms with Gasteiger partial charge in [0.25, 0.3) is 0 Å². The van der Waals surface area contributed by atoms with Crippen LogP contribution in [0.4, 0.5) is 0 Å². The molecule has 0 aliphatic rings. The Hall–Kier alpha value is -3.54. The molecule has 6 heteroatoms. The van der Waals surface area contributed by atoms with Gasteiger partial charge < -0.3 is 4.42 Å². The number of allylic oxidation sites excluding steroid dienone is 1. The predicted octanol–water partition coefficient (Wildman–Crippen LogP) is 7.13. The molecule has 0 amide bonds. The van der Waals surface area contributed by atoms with Crippen LogP contribution >= 0.6 is 0 Å². The molecule has 2 aromatic heterocycles. The third kappa shape index (κ3) is 5.87. The van der Waals surface area contributed by atoms with Crippen molar-refractivity contribution >= 4 is 6.08 Å². The van der Waals surface area contributed by atoms with Crippen LogP contribution in [0.25, 0.3) is 28.6 Å². The number of hydrogen-bond donors (Lipinski definition) is 0. The number of benzene rings is 2. The van der Waals surface area contributed by atoms with Crippen LogP contribution in [0.5, 0.6) is 0 Å². The van der Waals surface area contributed by atoms with Gasteiger partial charge >= 0.3 is 0 Å². The van der Waals surface area contributed by atoms with Crippen LogP contribution in [0, 0.1) is 0 Å². The van der Waals surface area contributed by atoms with Gasteiger partial charge in [-0.2, -0.15) is 15.0 Å². The van der Waals surface area contributed by atoms with E-state index in [1.807, 2.05) is 18.2 Å². The Morgan fingerprint density at radius 1 is 0.853 bits per heavy atom. The quantitative estimate of drug-likeness (QED) is 0.238. The van der Waals surface area contributed by atoms with Crippen molar-refractivity contribution in [2.75, 3.05) is 0 Å². The summed E-state index contributed by atoms with van der Waals surface area (Å²) < 4.78 is 5.68. The van der Waals surface area contributed by atoms with Crippen LogP contribution in [0.2, 0.25) is 0 Å². The van der Waals surface area contributed by atoms with Crippen molar-refractivity contribution in [2.24, 2.45) is 0 Å². The van der Waals surface area contributed by atoms with Crippen molar-refractivity contribution in [1.29, 1.82) is 0 Å². The van der Waals surface area contributed by atoms with Crippen LogP contribution in [0.1, 0.15) is 76.3 Å². The average molecular weight is 456 g/mol. The van der Waals surface area contributed by atoms with E-state index < -0.39 is 0 Å². The van der Waals surface area contributed by atoms with E-state index in [4.69, 9.17) is 14.6 Å². The summed E-state index contributed by atoms with van der Waals surface area (Å²) in [4.78, 5) is 1.80. The maximum Gasteiger partial charge on any atom is 0.219 e. The van der Waals surface area contributed by atoms with E-state index >= 15 is 0 Å². The van der Waals surface area contributed by atoms with Gasteiger partial charge in [-0.1, -0.05) is 74.5 Å². The van der Waals surface area contributed by atoms with Crippen LogP contribution in [0.15, 0.2) is 65.1 Å². The molecule has 176 valence electrons. The minimum atomic E-state index is 0.198. The second kappa shape index (κ2) is 11.1. The standard InChI is InChI=1S/C28H33N5O/c1-20(2)28-30-29-25(34-28)18-11-6-5-8-13-22-14-12-17-24(19-22)27-26(23-15-9-7-10-16-23)31-33(32-27)21(3)4/h7-10,12-17,19-21H,5-6,11,18H2,1-4H3/b13-8+. The van der Waals surface area contributed by atoms with Gasteiger partial charge in [0.2, 0.25) is 11.8 Å². The Balaban J connectivity index is 1.40. The minimum absolute atomic E-state index is 0.198. The van der Waals surface area contributed by atoms with Crippen LogP contribution in [-0.2, 0) is 6.42 Å². The van der Waals surface area contributed by atoms with Crippen LogP contribution in [0.3, 0.4) is 0 Å². The second-order valence-corrected chi connectivity index (χ2v) is 9.14. The summed E-state index contributed by atoms with van der Waals surface area (Å²) in [6, 6.07) is 19.0. The fourth-order valence-corrected chi connectivity index (χ4v) is 3.69. The maximum absolute atomic E-state index is 5.68. The van der Waals surface area contributed by atoms with Gasteiger partial charge in [-0.25, -0.2) is 0 Å². The number of rotatable bonds is 10. The molecule has 34 heavy (non-hydrogen) atoms. The van der Waals surface area contributed by atoms with Gasteiger partial charge in [0.05, 0.1) is 6.04 Å². The molecule has 2 heterocycles. The largest absolute Gasteiger partial charge is 0.425 e. The summed E-state index contributed by atoms with van der Waals surface area (Å²) in [5.41, 5.74) is 5.14. The smallest absolute Gasteiger partial charge is 0.219 e. The third-order valence-electron chi connectivity index (χ3n) is 5.60. The zero-order valence-corrected chi connectivity index (χ0v) is 20.5. The Morgan fingerprint density at radius 2 is 1.59 bits per heavy atom. The van der Waals surface area contributed by atoms with Crippen molar-refractivity contribution in [3.63, 3.8) is 0 Å². The number of aromatic nitrogens is 5. The Bertz CT molecular complexity index is 1220. The molecule has 6 nitrogen and oxygen atoms in total. The molecular formula is C28H33N5O. The molecule has 0 radical (unpaired) electrons. The molecule has 4 rings (SSSR count). The second-order valence-electron chi connectivity index (χ2n) is 9.14. The summed E-state index contributed by atoms with van der Waals surface area (Å²) in [6.45, 7) is 8.32. The summed E-state index contributed by atoms with van der Waals surface area (Å²) in [7, 11) is 0. The van der Waals surface area contributed by atoms with Gasteiger partial charge in [0, 0.05) is 23.5 Å². The monoisotopic (exact) mass is 455 g/mol. The molecule has 0 fully saturated rings. The van der Waals surface area contributed by atoms with E-state index in [9.17, 15) is 0 Å². The number of nitrogens with zero attached hydrogens (tertiary/aromatic N) is 5. The molecular weight excluding hydrogens is 422 g/mol.